The largest absolute Gasteiger partial charge is 0.491 e. The van der Waals surface area contributed by atoms with Crippen LogP contribution in [0.15, 0.2) is 96.8 Å². The summed E-state index contributed by atoms with van der Waals surface area (Å²) in [4.78, 5) is 156. The molecule has 9 N–H and O–H groups in total. The summed E-state index contributed by atoms with van der Waals surface area (Å²) in [6, 6.07) is 15.5. The van der Waals surface area contributed by atoms with Gasteiger partial charge in [-0.05, 0) is 68.8 Å². The number of imidazole rings is 4. The number of piperazine rings is 1. The quantitative estimate of drug-likeness (QED) is 0.0246. The lowest BCUT2D eigenvalue weighted by Crippen LogP contribution is -2.50. The van der Waals surface area contributed by atoms with Crippen molar-refractivity contribution in [2.75, 3.05) is 171 Å². The van der Waals surface area contributed by atoms with Crippen LogP contribution < -0.4 is 52.6 Å². The molecule has 9 heterocycles. The normalized spacial score (nSPS) is 13.1. The Hall–Kier alpha value is -12.4. The van der Waals surface area contributed by atoms with Gasteiger partial charge in [-0.15, -0.1) is 21.5 Å². The molecule has 1 atom stereocenters. The minimum absolute atomic E-state index is 0.00935. The highest BCUT2D eigenvalue weighted by Crippen LogP contribution is 2.40. The highest BCUT2D eigenvalue weighted by Gasteiger charge is 2.34. The van der Waals surface area contributed by atoms with Crippen LogP contribution in [0.5, 0.6) is 5.75 Å². The van der Waals surface area contributed by atoms with Crippen molar-refractivity contribution in [3.63, 3.8) is 0 Å². The molecule has 0 spiro atoms. The van der Waals surface area contributed by atoms with E-state index in [2.05, 4.69) is 96.7 Å². The number of carbonyl (C=O) groups excluding carboxylic acids is 10. The van der Waals surface area contributed by atoms with Gasteiger partial charge in [-0.1, -0.05) is 23.7 Å². The first-order valence-corrected chi connectivity index (χ1v) is 40.9. The van der Waals surface area contributed by atoms with Gasteiger partial charge in [-0.25, -0.2) is 19.9 Å². The smallest absolute Gasteiger partial charge is 0.292 e. The van der Waals surface area contributed by atoms with Crippen molar-refractivity contribution in [3.8, 4) is 10.8 Å². The number of aromatic nitrogens is 12. The molecule has 0 unspecified atom stereocenters. The predicted molar refractivity (Wildman–Crippen MR) is 452 cm³/mol. The molecule has 1 fully saturated rings. The van der Waals surface area contributed by atoms with E-state index in [9.17, 15) is 47.9 Å². The summed E-state index contributed by atoms with van der Waals surface area (Å²) in [5, 5.41) is 34.6. The van der Waals surface area contributed by atoms with Gasteiger partial charge in [-0.2, -0.15) is 0 Å². The molecule has 0 aliphatic carbocycles. The van der Waals surface area contributed by atoms with E-state index in [1.165, 1.54) is 59.9 Å². The molecule has 41 nitrogen and oxygen atoms in total. The zero-order chi connectivity index (χ0) is 87.5. The molecule has 123 heavy (non-hydrogen) atoms. The molecule has 10 amide bonds. The summed E-state index contributed by atoms with van der Waals surface area (Å²) in [7, 11) is 7.94. The van der Waals surface area contributed by atoms with Crippen LogP contribution in [0.3, 0.4) is 0 Å². The Labute approximate surface area is 716 Å². The molecule has 2 aliphatic rings. The SMILES string of the molecule is Cc1sc2c(c1C)C(c1ccc(Cl)cc1)=N[C@@H](CC(=O)Nc1ccc(OCCOCCOCCOCC(=O)N3CCN(CCOCCOCCOCCNC(=O)CCNC(=O)c4nc(NC(=O)CCNC(=O)c5cc(NC(=O)c6nc(NC(=O)CCNC(=O)c7nc(NC(=O)c8nccn8C)cn7C)cn6C)cn5C)cn4C)CC3)cc1)c1nnc(C)n1-2. The number of anilines is 5. The van der Waals surface area contributed by atoms with Crippen molar-refractivity contribution in [2.45, 2.75) is 52.5 Å². The summed E-state index contributed by atoms with van der Waals surface area (Å²) in [6.45, 7) is 13.7. The molecule has 0 radical (unpaired) electrons. The maximum Gasteiger partial charge on any atom is 0.292 e. The summed E-state index contributed by atoms with van der Waals surface area (Å²) in [6.07, 6.45) is 8.65. The van der Waals surface area contributed by atoms with Crippen LogP contribution >= 0.6 is 22.9 Å². The minimum Gasteiger partial charge on any atom is -0.491 e. The highest BCUT2D eigenvalue weighted by atomic mass is 35.5. The maximum absolute atomic E-state index is 13.6. The zero-order valence-corrected chi connectivity index (χ0v) is 71.1. The van der Waals surface area contributed by atoms with Gasteiger partial charge in [0.15, 0.2) is 29.1 Å². The van der Waals surface area contributed by atoms with Crippen LogP contribution in [0.1, 0.15) is 118 Å². The van der Waals surface area contributed by atoms with E-state index in [0.29, 0.717) is 107 Å². The average molecular weight is 1740 g/mol. The molecular formula is C80H101ClN24O17S. The number of fused-ring (bicyclic) bond motifs is 3. The van der Waals surface area contributed by atoms with Gasteiger partial charge in [0.2, 0.25) is 47.0 Å². The summed E-state index contributed by atoms with van der Waals surface area (Å²) < 4.78 is 49.0. The van der Waals surface area contributed by atoms with Gasteiger partial charge >= 0.3 is 0 Å². The van der Waals surface area contributed by atoms with Gasteiger partial charge in [0.05, 0.1) is 90.5 Å². The second-order valence-corrected chi connectivity index (χ2v) is 30.1. The van der Waals surface area contributed by atoms with Crippen LogP contribution in [0.4, 0.5) is 28.8 Å². The van der Waals surface area contributed by atoms with E-state index in [1.54, 1.807) is 81.9 Å². The van der Waals surface area contributed by atoms with E-state index in [0.717, 1.165) is 51.9 Å². The Morgan fingerprint density at radius 1 is 0.496 bits per heavy atom. The maximum atomic E-state index is 13.6. The van der Waals surface area contributed by atoms with E-state index < -0.39 is 47.4 Å². The summed E-state index contributed by atoms with van der Waals surface area (Å²) >= 11 is 7.92. The fourth-order valence-electron chi connectivity index (χ4n) is 12.9. The number of hydrogen-bond donors (Lipinski definition) is 9. The molecular weight excluding hydrogens is 1640 g/mol. The number of nitrogens with one attached hydrogen (secondary N) is 9. The third kappa shape index (κ3) is 26.3. The molecule has 656 valence electrons. The van der Waals surface area contributed by atoms with Crippen LogP contribution in [-0.4, -0.2) is 277 Å². The van der Waals surface area contributed by atoms with Crippen molar-refractivity contribution < 1.29 is 81.1 Å². The Morgan fingerprint density at radius 3 is 1.63 bits per heavy atom. The fraction of sp³-hybridized carbons (Fsp3) is 0.438. The summed E-state index contributed by atoms with van der Waals surface area (Å²) in [5.41, 5.74) is 4.80. The number of rotatable bonds is 46. The number of aryl methyl sites for hydroxylation is 7. The molecule has 9 aromatic rings. The lowest BCUT2D eigenvalue weighted by molar-refractivity contribution is -0.138. The minimum atomic E-state index is -0.649. The molecule has 7 aromatic heterocycles. The second kappa shape index (κ2) is 44.9. The zero-order valence-electron chi connectivity index (χ0n) is 69.6. The van der Waals surface area contributed by atoms with Crippen molar-refractivity contribution in [1.29, 1.82) is 0 Å². The van der Waals surface area contributed by atoms with Crippen molar-refractivity contribution in [2.24, 2.45) is 40.2 Å². The number of halogens is 1. The van der Waals surface area contributed by atoms with Gasteiger partial charge in [-0.3, -0.25) is 62.4 Å². The van der Waals surface area contributed by atoms with Crippen LogP contribution in [0, 0.1) is 20.8 Å². The van der Waals surface area contributed by atoms with E-state index in [4.69, 9.17) is 49.8 Å². The third-order valence-electron chi connectivity index (χ3n) is 19.4. The van der Waals surface area contributed by atoms with Crippen LogP contribution in [0.2, 0.25) is 5.02 Å². The first-order valence-electron chi connectivity index (χ1n) is 39.8. The van der Waals surface area contributed by atoms with Gasteiger partial charge in [0, 0.05) is 177 Å². The topological polar surface area (TPSA) is 469 Å². The first kappa shape index (κ1) is 91.3. The standard InChI is InChI=1S/C80H101ClN24O17S/c1-50-51(2)123-80-68(50)69(53-9-11-54(81)12-10-53)89-58(70-97-96-52(3)105(70)80)44-66(109)87-55-13-15-57(16-14-55)122-42-41-120-38-37-119-39-40-121-49-67(110)104-28-26-103(27-29-104)30-32-117-34-36-118-35-33-116-31-24-82-63(106)17-20-85-76(112)72-92-60(46-100(72)6)90-64(107)18-21-84-75(111)59-43-56(45-99(59)5)88-79(115)74-93-61(47-102(74)8)91-65(108)19-22-86-77(113)73-94-62(48-101(73)7)95-78(114)71-83-23-25-98(71)4/h9-16,23,25,43,45-48,58H,17-22,24,26-42,44,49H2,1-8H3,(H,82,106)(H,84,111)(H,85,112)(H,86,113)(H,87,109)(H,88,115)(H,90,107)(H,91,108)(H,95,114)/t58-/m0/s1. The number of amides is 10. The fourth-order valence-corrected chi connectivity index (χ4v) is 14.3. The third-order valence-corrected chi connectivity index (χ3v) is 20.8. The van der Waals surface area contributed by atoms with E-state index >= 15 is 0 Å². The number of benzene rings is 2. The number of ether oxygens (including phenoxy) is 7. The monoisotopic (exact) mass is 1740 g/mol. The molecule has 0 bridgehead atoms. The van der Waals surface area contributed by atoms with Crippen LogP contribution in [-0.2, 0) is 87.6 Å². The first-order chi connectivity index (χ1) is 59.3. The Morgan fingerprint density at radius 2 is 1.03 bits per heavy atom. The molecule has 1 saturated heterocycles. The second-order valence-electron chi connectivity index (χ2n) is 28.5. The number of nitrogens with zero attached hydrogens (tertiary/aromatic N) is 15. The Bertz CT molecular complexity index is 5210. The lowest BCUT2D eigenvalue weighted by Gasteiger charge is -2.34. The number of carbonyl (C=O) groups is 10. The van der Waals surface area contributed by atoms with Gasteiger partial charge < -0.3 is 109 Å². The van der Waals surface area contributed by atoms with Crippen molar-refractivity contribution in [3.05, 3.63) is 159 Å². The Kier molecular flexibility index (Phi) is 33.4. The molecule has 43 heteroatoms. The number of hydrogen-bond acceptors (Lipinski definition) is 26. The molecule has 2 aliphatic heterocycles. The highest BCUT2D eigenvalue weighted by molar-refractivity contribution is 7.15. The average Bonchev–Trinajstić information content (AvgIpc) is 1.59. The lowest BCUT2D eigenvalue weighted by atomic mass is 9.99. The van der Waals surface area contributed by atoms with Crippen molar-refractivity contribution in [1.82, 2.24) is 88.6 Å². The molecule has 0 saturated carbocycles. The Balaban J connectivity index is 0.447. The number of thiophene rings is 1. The molecule has 11 rings (SSSR count). The van der Waals surface area contributed by atoms with Crippen molar-refractivity contribution >= 4 is 117 Å². The van der Waals surface area contributed by atoms with Gasteiger partial charge in [0.1, 0.15) is 41.5 Å². The molecule has 2 aromatic carbocycles. The van der Waals surface area contributed by atoms with Crippen LogP contribution in [0.25, 0.3) is 5.00 Å². The van der Waals surface area contributed by atoms with Gasteiger partial charge in [0.25, 0.3) is 29.5 Å². The summed E-state index contributed by atoms with van der Waals surface area (Å²) in [5.74, 6) is -2.18. The van der Waals surface area contributed by atoms with E-state index in [-0.39, 0.29) is 142 Å². The number of aliphatic imine (C=N–C) groups is 1. The van der Waals surface area contributed by atoms with E-state index in [1.807, 2.05) is 35.8 Å². The predicted octanol–water partition coefficient (Wildman–Crippen LogP) is 3.68.